The number of nitrogens with zero attached hydrogens (tertiary/aromatic N) is 2. The average Bonchev–Trinajstić information content (AvgIpc) is 2.53. The third kappa shape index (κ3) is 3.68. The zero-order chi connectivity index (χ0) is 16.4. The summed E-state index contributed by atoms with van der Waals surface area (Å²) in [6.07, 6.45) is 1.14. The number of para-hydroxylation sites is 1. The van der Waals surface area contributed by atoms with Crippen molar-refractivity contribution in [3.63, 3.8) is 0 Å². The van der Waals surface area contributed by atoms with Crippen molar-refractivity contribution in [3.05, 3.63) is 48.0 Å². The largest absolute Gasteiger partial charge is 0.340 e. The molecule has 122 valence electrons. The van der Waals surface area contributed by atoms with Gasteiger partial charge in [-0.2, -0.15) is 0 Å². The van der Waals surface area contributed by atoms with Crippen LogP contribution in [0.25, 0.3) is 0 Å². The predicted octanol–water partition coefficient (Wildman–Crippen LogP) is 5.54. The topological polar surface area (TPSA) is 6.48 Å². The van der Waals surface area contributed by atoms with Crippen LogP contribution in [0.1, 0.15) is 24.3 Å². The van der Waals surface area contributed by atoms with Crippen molar-refractivity contribution in [2.45, 2.75) is 28.5 Å². The number of hydrogen-bond donors (Lipinski definition) is 0. The number of fused-ring (bicyclic) bond motifs is 2. The molecule has 1 aliphatic rings. The molecule has 3 rings (SSSR count). The molecule has 0 saturated heterocycles. The van der Waals surface area contributed by atoms with Crippen LogP contribution in [0.3, 0.4) is 0 Å². The minimum absolute atomic E-state index is 0.0419. The van der Waals surface area contributed by atoms with Gasteiger partial charge < -0.3 is 9.80 Å². The molecule has 1 heterocycles. The van der Waals surface area contributed by atoms with Gasteiger partial charge in [-0.25, -0.2) is 0 Å². The van der Waals surface area contributed by atoms with Gasteiger partial charge in [0, 0.05) is 16.3 Å². The lowest BCUT2D eigenvalue weighted by molar-refractivity contribution is 0.402. The van der Waals surface area contributed by atoms with Crippen LogP contribution in [0, 0.1) is 0 Å². The number of benzene rings is 2. The molecule has 0 fully saturated rings. The Balaban J connectivity index is 1.94. The molecule has 4 heteroatoms. The molecule has 0 aliphatic carbocycles. The Hall–Kier alpha value is -1.16. The van der Waals surface area contributed by atoms with Gasteiger partial charge in [0.15, 0.2) is 0 Å². The van der Waals surface area contributed by atoms with Gasteiger partial charge in [0.25, 0.3) is 0 Å². The summed E-state index contributed by atoms with van der Waals surface area (Å²) in [7, 11) is 4.25. The van der Waals surface area contributed by atoms with Crippen molar-refractivity contribution in [1.29, 1.82) is 0 Å². The molecule has 0 radical (unpaired) electrons. The fraction of sp³-hybridized carbons (Fsp3) is 0.368. The van der Waals surface area contributed by atoms with Crippen LogP contribution in [0.5, 0.6) is 0 Å². The van der Waals surface area contributed by atoms with Crippen LogP contribution in [-0.2, 0) is 0 Å². The van der Waals surface area contributed by atoms with Gasteiger partial charge in [0.1, 0.15) is 0 Å². The first-order chi connectivity index (χ1) is 11.1. The lowest BCUT2D eigenvalue weighted by Crippen LogP contribution is -2.25. The van der Waals surface area contributed by atoms with E-state index in [2.05, 4.69) is 66.4 Å². The number of anilines is 2. The van der Waals surface area contributed by atoms with Crippen LogP contribution in [0.15, 0.2) is 52.3 Å². The van der Waals surface area contributed by atoms with E-state index in [-0.39, 0.29) is 5.38 Å². The molecule has 1 unspecified atom stereocenters. The number of rotatable bonds is 5. The maximum absolute atomic E-state index is 6.27. The van der Waals surface area contributed by atoms with E-state index >= 15 is 0 Å². The highest BCUT2D eigenvalue weighted by atomic mass is 35.5. The standard InChI is InChI=1S/C19H23ClN2S/c1-14(20)15-9-10-17-19(13-15)23-18-8-5-4-7-16(18)22(17)12-6-11-21(2)3/h4-5,7-10,13-14H,6,11-12H2,1-3H3. The Morgan fingerprint density at radius 2 is 1.83 bits per heavy atom. The van der Waals surface area contributed by atoms with Gasteiger partial charge in [-0.1, -0.05) is 30.0 Å². The van der Waals surface area contributed by atoms with E-state index in [1.807, 2.05) is 18.7 Å². The van der Waals surface area contributed by atoms with Crippen molar-refractivity contribution in [2.75, 3.05) is 32.1 Å². The average molecular weight is 347 g/mol. The minimum Gasteiger partial charge on any atom is -0.340 e. The summed E-state index contributed by atoms with van der Waals surface area (Å²) in [4.78, 5) is 7.32. The van der Waals surface area contributed by atoms with Gasteiger partial charge in [-0.15, -0.1) is 11.6 Å². The molecule has 1 atom stereocenters. The van der Waals surface area contributed by atoms with E-state index in [0.717, 1.165) is 19.5 Å². The molecule has 2 aromatic carbocycles. The Bertz CT molecular complexity index is 685. The van der Waals surface area contributed by atoms with E-state index in [4.69, 9.17) is 11.6 Å². The van der Waals surface area contributed by atoms with Gasteiger partial charge >= 0.3 is 0 Å². The highest BCUT2D eigenvalue weighted by Crippen LogP contribution is 2.48. The highest BCUT2D eigenvalue weighted by molar-refractivity contribution is 7.99. The van der Waals surface area contributed by atoms with Gasteiger partial charge in [0.2, 0.25) is 0 Å². The van der Waals surface area contributed by atoms with E-state index in [9.17, 15) is 0 Å². The molecule has 23 heavy (non-hydrogen) atoms. The first kappa shape index (κ1) is 16.7. The molecule has 0 saturated carbocycles. The summed E-state index contributed by atoms with van der Waals surface area (Å²) in [6.45, 7) is 4.15. The summed E-state index contributed by atoms with van der Waals surface area (Å²) in [6, 6.07) is 15.3. The predicted molar refractivity (Wildman–Crippen MR) is 101 cm³/mol. The molecule has 2 nitrogen and oxygen atoms in total. The molecule has 0 amide bonds. The fourth-order valence-electron chi connectivity index (χ4n) is 2.88. The molecule has 0 bridgehead atoms. The van der Waals surface area contributed by atoms with E-state index < -0.39 is 0 Å². The molecule has 1 aliphatic heterocycles. The molecule has 2 aromatic rings. The first-order valence-corrected chi connectivity index (χ1v) is 9.28. The number of hydrogen-bond acceptors (Lipinski definition) is 3. The van der Waals surface area contributed by atoms with Crippen LogP contribution in [-0.4, -0.2) is 32.1 Å². The lowest BCUT2D eigenvalue weighted by Gasteiger charge is -2.33. The van der Waals surface area contributed by atoms with E-state index in [0.29, 0.717) is 0 Å². The number of halogens is 1. The Kier molecular flexibility index (Phi) is 5.20. The van der Waals surface area contributed by atoms with Crippen molar-refractivity contribution >= 4 is 34.7 Å². The summed E-state index contributed by atoms with van der Waals surface area (Å²) in [5, 5.41) is 0.0419. The van der Waals surface area contributed by atoms with Crippen LogP contribution < -0.4 is 4.90 Å². The fourth-order valence-corrected chi connectivity index (χ4v) is 4.16. The number of alkyl halides is 1. The third-order valence-electron chi connectivity index (χ3n) is 4.10. The summed E-state index contributed by atoms with van der Waals surface area (Å²) in [5.41, 5.74) is 3.80. The Morgan fingerprint density at radius 3 is 2.57 bits per heavy atom. The summed E-state index contributed by atoms with van der Waals surface area (Å²) in [5.74, 6) is 0. The molecule has 0 aromatic heterocycles. The highest BCUT2D eigenvalue weighted by Gasteiger charge is 2.23. The molecule has 0 spiro atoms. The third-order valence-corrected chi connectivity index (χ3v) is 5.46. The quantitative estimate of drug-likeness (QED) is 0.656. The Morgan fingerprint density at radius 1 is 1.09 bits per heavy atom. The van der Waals surface area contributed by atoms with E-state index in [1.54, 1.807) is 0 Å². The summed E-state index contributed by atoms with van der Waals surface area (Å²) >= 11 is 8.12. The van der Waals surface area contributed by atoms with E-state index in [1.165, 1.54) is 26.7 Å². The second-order valence-corrected chi connectivity index (χ2v) is 7.96. The molecular formula is C19H23ClN2S. The first-order valence-electron chi connectivity index (χ1n) is 8.03. The minimum atomic E-state index is 0.0419. The smallest absolute Gasteiger partial charge is 0.0557 e. The Labute approximate surface area is 148 Å². The second kappa shape index (κ2) is 7.16. The molecular weight excluding hydrogens is 324 g/mol. The summed E-state index contributed by atoms with van der Waals surface area (Å²) < 4.78 is 0. The maximum atomic E-state index is 6.27. The normalized spacial score (nSPS) is 14.6. The zero-order valence-corrected chi connectivity index (χ0v) is 15.5. The van der Waals surface area contributed by atoms with Crippen molar-refractivity contribution in [1.82, 2.24) is 4.90 Å². The van der Waals surface area contributed by atoms with Crippen LogP contribution in [0.2, 0.25) is 0 Å². The van der Waals surface area contributed by atoms with Crippen LogP contribution in [0.4, 0.5) is 11.4 Å². The van der Waals surface area contributed by atoms with Crippen molar-refractivity contribution < 1.29 is 0 Å². The maximum Gasteiger partial charge on any atom is 0.0557 e. The molecule has 0 N–H and O–H groups in total. The van der Waals surface area contributed by atoms with Crippen molar-refractivity contribution in [3.8, 4) is 0 Å². The lowest BCUT2D eigenvalue weighted by atomic mass is 10.1. The van der Waals surface area contributed by atoms with Gasteiger partial charge in [-0.05, 0) is 63.8 Å². The zero-order valence-electron chi connectivity index (χ0n) is 13.9. The van der Waals surface area contributed by atoms with Gasteiger partial charge in [0.05, 0.1) is 16.8 Å². The van der Waals surface area contributed by atoms with Gasteiger partial charge in [-0.3, -0.25) is 0 Å². The van der Waals surface area contributed by atoms with Crippen LogP contribution >= 0.6 is 23.4 Å². The monoisotopic (exact) mass is 346 g/mol. The van der Waals surface area contributed by atoms with Crippen molar-refractivity contribution in [2.24, 2.45) is 0 Å². The second-order valence-electron chi connectivity index (χ2n) is 6.22. The SMILES string of the molecule is CC(Cl)c1ccc2c(c1)Sc1ccccc1N2CCCN(C)C.